The third kappa shape index (κ3) is 4.19. The van der Waals surface area contributed by atoms with E-state index in [-0.39, 0.29) is 0 Å². The standard InChI is InChI=1S/C18H19N/c1-2-3-5-10-16-11-8-9-12-17(16)15-19-18-13-6-4-7-14-18/h4,6-9,11-14,19H,2-3,15H2,1H3. The summed E-state index contributed by atoms with van der Waals surface area (Å²) in [5, 5.41) is 3.42. The topological polar surface area (TPSA) is 12.0 Å². The molecular weight excluding hydrogens is 230 g/mol. The molecule has 0 aliphatic heterocycles. The smallest absolute Gasteiger partial charge is 0.0413 e. The van der Waals surface area contributed by atoms with Gasteiger partial charge in [-0.1, -0.05) is 55.2 Å². The molecular formula is C18H19N. The summed E-state index contributed by atoms with van der Waals surface area (Å²) in [6.45, 7) is 2.96. The SMILES string of the molecule is CCCC#Cc1ccccc1CNc1ccccc1. The maximum Gasteiger partial charge on any atom is 0.0413 e. The maximum absolute atomic E-state index is 3.42. The number of hydrogen-bond donors (Lipinski definition) is 1. The van der Waals surface area contributed by atoms with Crippen molar-refractivity contribution in [1.82, 2.24) is 0 Å². The lowest BCUT2D eigenvalue weighted by molar-refractivity contribution is 0.983. The van der Waals surface area contributed by atoms with Crippen molar-refractivity contribution in [2.45, 2.75) is 26.3 Å². The van der Waals surface area contributed by atoms with E-state index in [9.17, 15) is 0 Å². The largest absolute Gasteiger partial charge is 0.381 e. The molecule has 0 radical (unpaired) electrons. The predicted molar refractivity (Wildman–Crippen MR) is 82.0 cm³/mol. The van der Waals surface area contributed by atoms with E-state index >= 15 is 0 Å². The molecule has 0 amide bonds. The molecule has 0 saturated heterocycles. The molecule has 1 heteroatoms. The van der Waals surface area contributed by atoms with Crippen LogP contribution in [0.4, 0.5) is 5.69 Å². The Morgan fingerprint density at radius 1 is 0.947 bits per heavy atom. The van der Waals surface area contributed by atoms with Crippen LogP contribution in [-0.4, -0.2) is 0 Å². The summed E-state index contributed by atoms with van der Waals surface area (Å²) in [4.78, 5) is 0. The lowest BCUT2D eigenvalue weighted by atomic mass is 10.1. The lowest BCUT2D eigenvalue weighted by Gasteiger charge is -2.08. The second-order valence-electron chi connectivity index (χ2n) is 4.43. The lowest BCUT2D eigenvalue weighted by Crippen LogP contribution is -2.01. The van der Waals surface area contributed by atoms with Crippen molar-refractivity contribution < 1.29 is 0 Å². The summed E-state index contributed by atoms with van der Waals surface area (Å²) in [5.74, 6) is 6.47. The third-order valence-corrected chi connectivity index (χ3v) is 2.87. The van der Waals surface area contributed by atoms with Gasteiger partial charge in [-0.2, -0.15) is 0 Å². The molecule has 2 aromatic rings. The van der Waals surface area contributed by atoms with E-state index in [1.54, 1.807) is 0 Å². The van der Waals surface area contributed by atoms with Crippen LogP contribution in [0.25, 0.3) is 0 Å². The fourth-order valence-electron chi connectivity index (χ4n) is 1.83. The molecule has 1 nitrogen and oxygen atoms in total. The molecule has 0 aliphatic rings. The van der Waals surface area contributed by atoms with Crippen LogP contribution in [0.5, 0.6) is 0 Å². The van der Waals surface area contributed by atoms with Gasteiger partial charge in [0.1, 0.15) is 0 Å². The zero-order valence-corrected chi connectivity index (χ0v) is 11.3. The van der Waals surface area contributed by atoms with Gasteiger partial charge in [-0.15, -0.1) is 0 Å². The summed E-state index contributed by atoms with van der Waals surface area (Å²) >= 11 is 0. The summed E-state index contributed by atoms with van der Waals surface area (Å²) in [7, 11) is 0. The van der Waals surface area contributed by atoms with Gasteiger partial charge >= 0.3 is 0 Å². The first-order chi connectivity index (χ1) is 9.40. The minimum absolute atomic E-state index is 0.807. The molecule has 2 aromatic carbocycles. The number of nitrogens with one attached hydrogen (secondary N) is 1. The van der Waals surface area contributed by atoms with Crippen LogP contribution < -0.4 is 5.32 Å². The van der Waals surface area contributed by atoms with E-state index in [2.05, 4.69) is 54.4 Å². The highest BCUT2D eigenvalue weighted by molar-refractivity contribution is 5.46. The molecule has 0 saturated carbocycles. The molecule has 0 aromatic heterocycles. The molecule has 0 atom stereocenters. The van der Waals surface area contributed by atoms with E-state index in [0.717, 1.165) is 30.6 Å². The summed E-state index contributed by atoms with van der Waals surface area (Å²) in [5.41, 5.74) is 3.51. The van der Waals surface area contributed by atoms with Crippen molar-refractivity contribution in [2.24, 2.45) is 0 Å². The Kier molecular flexibility index (Phi) is 5.07. The molecule has 19 heavy (non-hydrogen) atoms. The van der Waals surface area contributed by atoms with Gasteiger partial charge in [-0.05, 0) is 30.2 Å². The number of anilines is 1. The average Bonchev–Trinajstić information content (AvgIpc) is 2.48. The molecule has 2 rings (SSSR count). The molecule has 0 aliphatic carbocycles. The molecule has 0 unspecified atom stereocenters. The number of hydrogen-bond acceptors (Lipinski definition) is 1. The van der Waals surface area contributed by atoms with E-state index in [1.807, 2.05) is 24.3 Å². The second-order valence-corrected chi connectivity index (χ2v) is 4.43. The van der Waals surface area contributed by atoms with E-state index in [4.69, 9.17) is 0 Å². The fourth-order valence-corrected chi connectivity index (χ4v) is 1.83. The Bertz CT molecular complexity index is 561. The van der Waals surface area contributed by atoms with Gasteiger partial charge in [-0.25, -0.2) is 0 Å². The molecule has 1 N–H and O–H groups in total. The van der Waals surface area contributed by atoms with Crippen LogP contribution in [0.2, 0.25) is 0 Å². The summed E-state index contributed by atoms with van der Waals surface area (Å²) in [6, 6.07) is 18.6. The molecule has 0 spiro atoms. The Morgan fingerprint density at radius 2 is 1.68 bits per heavy atom. The quantitative estimate of drug-likeness (QED) is 0.789. The van der Waals surface area contributed by atoms with Crippen molar-refractivity contribution in [3.8, 4) is 11.8 Å². The predicted octanol–water partition coefficient (Wildman–Crippen LogP) is 4.45. The molecule has 96 valence electrons. The maximum atomic E-state index is 3.42. The molecule has 0 bridgehead atoms. The van der Waals surface area contributed by atoms with Gasteiger partial charge in [0.25, 0.3) is 0 Å². The van der Waals surface area contributed by atoms with Crippen LogP contribution >= 0.6 is 0 Å². The summed E-state index contributed by atoms with van der Waals surface area (Å²) in [6.07, 6.45) is 2.07. The van der Waals surface area contributed by atoms with Gasteiger partial charge in [-0.3, -0.25) is 0 Å². The minimum atomic E-state index is 0.807. The van der Waals surface area contributed by atoms with E-state index in [1.165, 1.54) is 5.56 Å². The normalized spacial score (nSPS) is 9.53. The van der Waals surface area contributed by atoms with Crippen LogP contribution in [0.1, 0.15) is 30.9 Å². The number of rotatable bonds is 4. The number of unbranched alkanes of at least 4 members (excludes halogenated alkanes) is 1. The molecule has 0 fully saturated rings. The zero-order chi connectivity index (χ0) is 13.3. The van der Waals surface area contributed by atoms with Gasteiger partial charge in [0.05, 0.1) is 0 Å². The van der Waals surface area contributed by atoms with Gasteiger partial charge in [0.15, 0.2) is 0 Å². The Hall–Kier alpha value is -2.20. The molecule has 0 heterocycles. The van der Waals surface area contributed by atoms with Crippen molar-refractivity contribution >= 4 is 5.69 Å². The first-order valence-corrected chi connectivity index (χ1v) is 6.76. The van der Waals surface area contributed by atoms with E-state index < -0.39 is 0 Å². The summed E-state index contributed by atoms with van der Waals surface area (Å²) < 4.78 is 0. The van der Waals surface area contributed by atoms with Crippen molar-refractivity contribution in [1.29, 1.82) is 0 Å². The first kappa shape index (κ1) is 13.2. The van der Waals surface area contributed by atoms with Gasteiger partial charge in [0.2, 0.25) is 0 Å². The first-order valence-electron chi connectivity index (χ1n) is 6.76. The monoisotopic (exact) mass is 249 g/mol. The highest BCUT2D eigenvalue weighted by Gasteiger charge is 1.98. The van der Waals surface area contributed by atoms with Crippen LogP contribution in [0.15, 0.2) is 54.6 Å². The zero-order valence-electron chi connectivity index (χ0n) is 11.3. The average molecular weight is 249 g/mol. The van der Waals surface area contributed by atoms with Gasteiger partial charge < -0.3 is 5.32 Å². The second kappa shape index (κ2) is 7.28. The van der Waals surface area contributed by atoms with Crippen LogP contribution in [0, 0.1) is 11.8 Å². The van der Waals surface area contributed by atoms with Crippen molar-refractivity contribution in [3.05, 3.63) is 65.7 Å². The fraction of sp³-hybridized carbons (Fsp3) is 0.222. The van der Waals surface area contributed by atoms with Crippen LogP contribution in [-0.2, 0) is 6.54 Å². The van der Waals surface area contributed by atoms with Crippen molar-refractivity contribution in [2.75, 3.05) is 5.32 Å². The van der Waals surface area contributed by atoms with Crippen LogP contribution in [0.3, 0.4) is 0 Å². The Labute approximate surface area is 115 Å². The number of para-hydroxylation sites is 1. The van der Waals surface area contributed by atoms with E-state index in [0.29, 0.717) is 0 Å². The minimum Gasteiger partial charge on any atom is -0.381 e. The van der Waals surface area contributed by atoms with Gasteiger partial charge in [0, 0.05) is 24.2 Å². The Balaban J connectivity index is 2.06. The highest BCUT2D eigenvalue weighted by Crippen LogP contribution is 2.11. The number of benzene rings is 2. The third-order valence-electron chi connectivity index (χ3n) is 2.87. The highest BCUT2D eigenvalue weighted by atomic mass is 14.9. The van der Waals surface area contributed by atoms with Crippen molar-refractivity contribution in [3.63, 3.8) is 0 Å². The Morgan fingerprint density at radius 3 is 2.47 bits per heavy atom.